The van der Waals surface area contributed by atoms with Gasteiger partial charge in [-0.15, -0.1) is 0 Å². The second-order valence-electron chi connectivity index (χ2n) is 7.53. The summed E-state index contributed by atoms with van der Waals surface area (Å²) in [5, 5.41) is 0. The van der Waals surface area contributed by atoms with E-state index in [0.717, 1.165) is 5.92 Å². The van der Waals surface area contributed by atoms with E-state index in [0.29, 0.717) is 16.2 Å². The van der Waals surface area contributed by atoms with Crippen molar-refractivity contribution in [3.63, 3.8) is 0 Å². The predicted octanol–water partition coefficient (Wildman–Crippen LogP) is 3.56. The molecular weight excluding hydrogens is 365 g/mol. The van der Waals surface area contributed by atoms with Crippen LogP contribution in [-0.4, -0.2) is 26.2 Å². The molecule has 0 N–H and O–H groups in total. The summed E-state index contributed by atoms with van der Waals surface area (Å²) in [7, 11) is 0. The zero-order valence-corrected chi connectivity index (χ0v) is 17.3. The van der Waals surface area contributed by atoms with Crippen molar-refractivity contribution in [1.29, 1.82) is 0 Å². The Kier molecular flexibility index (Phi) is 5.94. The van der Waals surface area contributed by atoms with Gasteiger partial charge in [-0.3, -0.25) is 0 Å². The molecule has 1 heteroatoms. The molecule has 0 saturated carbocycles. The third-order valence-electron chi connectivity index (χ3n) is 2.60. The molecule has 0 aliphatic carbocycles. The van der Waals surface area contributed by atoms with E-state index in [-0.39, 0.29) is 26.2 Å². The van der Waals surface area contributed by atoms with Crippen molar-refractivity contribution in [3.05, 3.63) is 0 Å². The Morgan fingerprint density at radius 3 is 0.643 bits per heavy atom. The average Bonchev–Trinajstić information content (AvgIpc) is 1.44. The van der Waals surface area contributed by atoms with Crippen LogP contribution < -0.4 is 0 Å². The van der Waals surface area contributed by atoms with Gasteiger partial charge < -0.3 is 0 Å². The Balaban J connectivity index is 0. The van der Waals surface area contributed by atoms with E-state index in [1.165, 1.54) is 0 Å². The van der Waals surface area contributed by atoms with Gasteiger partial charge in [0.15, 0.2) is 0 Å². The average molecular weight is 396 g/mol. The summed E-state index contributed by atoms with van der Waals surface area (Å²) in [6, 6.07) is 0. The van der Waals surface area contributed by atoms with E-state index in [2.05, 4.69) is 62.3 Å². The van der Waals surface area contributed by atoms with Crippen LogP contribution >= 0.6 is 0 Å². The molecule has 0 rings (SSSR count). The van der Waals surface area contributed by atoms with E-state index in [4.69, 9.17) is 0 Å². The minimum absolute atomic E-state index is 0. The van der Waals surface area contributed by atoms with Gasteiger partial charge in [-0.25, -0.2) is 0 Å². The Labute approximate surface area is 110 Å². The van der Waals surface area contributed by atoms with Gasteiger partial charge in [-0.1, -0.05) is 62.3 Å². The Morgan fingerprint density at radius 1 is 0.500 bits per heavy atom. The Bertz CT molecular complexity index is 128. The molecule has 0 aromatic heterocycles. The monoisotopic (exact) mass is 396 g/mol. The van der Waals surface area contributed by atoms with Crippen molar-refractivity contribution in [2.24, 2.45) is 22.2 Å². The summed E-state index contributed by atoms with van der Waals surface area (Å²) in [5.74, 6) is 0.729. The fourth-order valence-electron chi connectivity index (χ4n) is 3.90. The molecule has 0 radical (unpaired) electrons. The quantitative estimate of drug-likeness (QED) is 0.550. The molecule has 0 unspecified atom stereocenters. The van der Waals surface area contributed by atoms with Gasteiger partial charge in [0.1, 0.15) is 0 Å². The van der Waals surface area contributed by atoms with Gasteiger partial charge in [0.25, 0.3) is 0 Å². The first kappa shape index (κ1) is 17.3. The second-order valence-corrected chi connectivity index (χ2v) is 7.53. The van der Waals surface area contributed by atoms with E-state index in [1.807, 2.05) is 0 Å². The first-order valence-electron chi connectivity index (χ1n) is 5.37. The van der Waals surface area contributed by atoms with Gasteiger partial charge in [0, 0.05) is 0 Å². The first-order chi connectivity index (χ1) is 5.37. The van der Waals surface area contributed by atoms with Crippen molar-refractivity contribution in [2.75, 3.05) is 0 Å². The zero-order chi connectivity index (χ0) is 11.1. The molecule has 0 amide bonds. The van der Waals surface area contributed by atoms with Gasteiger partial charge in [-0.05, 0) is 22.2 Å². The molecule has 14 heavy (non-hydrogen) atoms. The third-order valence-corrected chi connectivity index (χ3v) is 2.60. The fraction of sp³-hybridized carbons (Fsp3) is 1.00. The van der Waals surface area contributed by atoms with Gasteiger partial charge in [-0.2, -0.15) is 0 Å². The minimum atomic E-state index is 0. The van der Waals surface area contributed by atoms with Crippen LogP contribution in [0.3, 0.4) is 0 Å². The van der Waals surface area contributed by atoms with Gasteiger partial charge >= 0.3 is 26.2 Å². The topological polar surface area (TPSA) is 0 Å². The Morgan fingerprint density at radius 2 is 0.643 bits per heavy atom. The molecule has 0 fully saturated rings. The van der Waals surface area contributed by atoms with Crippen LogP contribution in [0, 0.1) is 22.2 Å². The van der Waals surface area contributed by atoms with Crippen molar-refractivity contribution < 1.29 is 0 Å². The molecule has 0 aliphatic rings. The summed E-state index contributed by atoms with van der Waals surface area (Å²) < 4.78 is 0. The molecule has 88 valence electrons. The normalized spacial score (nSPS) is 14.1. The summed E-state index contributed by atoms with van der Waals surface area (Å²) in [6.07, 6.45) is 0. The van der Waals surface area contributed by atoms with Crippen LogP contribution in [0.25, 0.3) is 0 Å². The van der Waals surface area contributed by atoms with Crippen LogP contribution in [0.4, 0.5) is 0 Å². The van der Waals surface area contributed by atoms with E-state index >= 15 is 0 Å². The molecule has 0 heterocycles. The van der Waals surface area contributed by atoms with Crippen molar-refractivity contribution in [3.8, 4) is 0 Å². The van der Waals surface area contributed by atoms with E-state index < -0.39 is 0 Å². The van der Waals surface area contributed by atoms with Crippen molar-refractivity contribution >= 4 is 26.2 Å². The summed E-state index contributed by atoms with van der Waals surface area (Å²) in [5.41, 5.74) is 1.16. The molecule has 0 bridgehead atoms. The number of rotatable bonds is 0. The molecule has 0 nitrogen and oxygen atoms in total. The summed E-state index contributed by atoms with van der Waals surface area (Å²) >= 11 is 0. The predicted molar refractivity (Wildman–Crippen MR) is 71.8 cm³/mol. The van der Waals surface area contributed by atoms with E-state index in [1.54, 1.807) is 0 Å². The summed E-state index contributed by atoms with van der Waals surface area (Å²) in [4.78, 5) is 0. The molecule has 0 spiro atoms. The molecular formula is C13H31Bi. The maximum absolute atomic E-state index is 2.36. The molecule has 0 saturated heterocycles. The fourth-order valence-corrected chi connectivity index (χ4v) is 3.90. The molecule has 0 atom stereocenters. The van der Waals surface area contributed by atoms with E-state index in [9.17, 15) is 0 Å². The first-order valence-corrected chi connectivity index (χ1v) is 5.37. The third kappa shape index (κ3) is 5.10. The van der Waals surface area contributed by atoms with Gasteiger partial charge in [0.05, 0.1) is 0 Å². The van der Waals surface area contributed by atoms with Crippen LogP contribution in [0.5, 0.6) is 0 Å². The van der Waals surface area contributed by atoms with Crippen molar-refractivity contribution in [2.45, 2.75) is 62.3 Å². The van der Waals surface area contributed by atoms with Gasteiger partial charge in [0.2, 0.25) is 0 Å². The van der Waals surface area contributed by atoms with Crippen molar-refractivity contribution in [1.82, 2.24) is 0 Å². The zero-order valence-electron chi connectivity index (χ0n) is 11.8. The van der Waals surface area contributed by atoms with Crippen LogP contribution in [0.2, 0.25) is 0 Å². The molecule has 0 aromatic carbocycles. The second kappa shape index (κ2) is 4.81. The van der Waals surface area contributed by atoms with Crippen LogP contribution in [0.1, 0.15) is 62.3 Å². The standard InChI is InChI=1S/C13H28.Bi.3H/c1-11(2,3)10(12(4,5)6)13(7,8)9;;;;/h10H,1-9H3;;;;. The molecule has 0 aliphatic heterocycles. The number of hydrogen-bond acceptors (Lipinski definition) is 0. The molecule has 0 aromatic rings. The SMILES string of the molecule is CC(C)(C)C(C(C)(C)C)C(C)(C)C.[BiH3]. The summed E-state index contributed by atoms with van der Waals surface area (Å²) in [6.45, 7) is 21.2. The maximum atomic E-state index is 2.36. The van der Waals surface area contributed by atoms with Crippen LogP contribution in [-0.2, 0) is 0 Å². The van der Waals surface area contributed by atoms with Crippen LogP contribution in [0.15, 0.2) is 0 Å². The number of hydrogen-bond donors (Lipinski definition) is 0. The Hall–Kier alpha value is 0.883.